The summed E-state index contributed by atoms with van der Waals surface area (Å²) in [6.07, 6.45) is 0. The summed E-state index contributed by atoms with van der Waals surface area (Å²) in [6.45, 7) is 0. The van der Waals surface area contributed by atoms with Gasteiger partial charge in [0.2, 0.25) is 0 Å². The van der Waals surface area contributed by atoms with E-state index in [0.717, 1.165) is 0 Å². The molecule has 14 heteroatoms. The Labute approximate surface area is 96.3 Å². The van der Waals surface area contributed by atoms with E-state index < -0.39 is 10.4 Å². The van der Waals surface area contributed by atoms with Gasteiger partial charge in [0.1, 0.15) is 0 Å². The summed E-state index contributed by atoms with van der Waals surface area (Å²) in [5.74, 6) is 3.50. The second-order valence-corrected chi connectivity index (χ2v) is 1.22. The first-order valence-electron chi connectivity index (χ1n) is 0.925. The van der Waals surface area contributed by atoms with E-state index in [2.05, 4.69) is 5.90 Å². The fraction of sp³-hybridized carbons (Fsp3) is 0. The number of rotatable bonds is 0. The SMILES string of the molecule is Cl.NO.O.O.O.O.O.O=S(=O)([O-])[O-].[Cu+2]. The van der Waals surface area contributed by atoms with Crippen molar-refractivity contribution in [1.29, 1.82) is 0 Å². The molecule has 0 amide bonds. The maximum Gasteiger partial charge on any atom is 2.00 e. The molecule has 0 heterocycles. The molecule has 1 radical (unpaired) electrons. The first kappa shape index (κ1) is 88.7. The van der Waals surface area contributed by atoms with Crippen LogP contribution in [0.5, 0.6) is 0 Å². The summed E-state index contributed by atoms with van der Waals surface area (Å²) in [6, 6.07) is 0. The van der Waals surface area contributed by atoms with Gasteiger partial charge in [-0.1, -0.05) is 0 Å². The van der Waals surface area contributed by atoms with Crippen molar-refractivity contribution in [2.24, 2.45) is 5.90 Å². The predicted molar refractivity (Wildman–Crippen MR) is 41.8 cm³/mol. The smallest absolute Gasteiger partial charge is 0.759 e. The molecule has 0 aromatic rings. The molecule has 0 saturated carbocycles. The van der Waals surface area contributed by atoms with Crippen molar-refractivity contribution in [3.8, 4) is 0 Å². The topological polar surface area (TPSA) is 284 Å². The molecule has 0 unspecified atom stereocenters. The second-order valence-electron chi connectivity index (χ2n) is 0.408. The van der Waals surface area contributed by atoms with Gasteiger partial charge in [0.05, 0.1) is 0 Å². The number of nitrogens with two attached hydrogens (primary N) is 1. The molecule has 0 spiro atoms. The van der Waals surface area contributed by atoms with Crippen molar-refractivity contribution in [3.63, 3.8) is 0 Å². The van der Waals surface area contributed by atoms with Crippen LogP contribution in [-0.2, 0) is 27.5 Å². The molecule has 0 aromatic carbocycles. The minimum absolute atomic E-state index is 0. The number of hydrogen-bond acceptors (Lipinski definition) is 6. The molecule has 0 aliphatic heterocycles. The van der Waals surface area contributed by atoms with Crippen LogP contribution in [-0.4, -0.2) is 50.1 Å². The van der Waals surface area contributed by atoms with Gasteiger partial charge < -0.3 is 41.7 Å². The van der Waals surface area contributed by atoms with Crippen molar-refractivity contribution >= 4 is 22.8 Å². The maximum atomic E-state index is 8.52. The van der Waals surface area contributed by atoms with Crippen molar-refractivity contribution in [3.05, 3.63) is 0 Å². The first-order chi connectivity index (χ1) is 3.00. The number of hydrogen-bond donors (Lipinski definition) is 2. The predicted octanol–water partition coefficient (Wildman–Crippen LogP) is -5.71. The minimum atomic E-state index is -5.17. The third-order valence-electron chi connectivity index (χ3n) is 0. The van der Waals surface area contributed by atoms with E-state index in [-0.39, 0.29) is 56.9 Å². The van der Waals surface area contributed by atoms with Crippen LogP contribution in [0.25, 0.3) is 0 Å². The van der Waals surface area contributed by atoms with E-state index in [1.165, 1.54) is 0 Å². The van der Waals surface area contributed by atoms with Crippen LogP contribution in [0, 0.1) is 0 Å². The second kappa shape index (κ2) is 50.3. The normalized spacial score (nSPS) is 4.57. The van der Waals surface area contributed by atoms with Crippen LogP contribution in [0.1, 0.15) is 0 Å². The van der Waals surface area contributed by atoms with Crippen LogP contribution in [0.3, 0.4) is 0 Å². The Balaban J connectivity index is -0.00000000377. The third kappa shape index (κ3) is 10100. The summed E-state index contributed by atoms with van der Waals surface area (Å²) in [4.78, 5) is 0. The van der Waals surface area contributed by atoms with Crippen LogP contribution >= 0.6 is 12.4 Å². The molecular weight excluding hydrogens is 305 g/mol. The molecule has 0 atom stereocenters. The quantitative estimate of drug-likeness (QED) is 0.189. The molecule has 13 N–H and O–H groups in total. The average molecular weight is 319 g/mol. The molecule has 0 saturated heterocycles. The maximum absolute atomic E-state index is 8.52. The Morgan fingerprint density at radius 2 is 0.857 bits per heavy atom. The molecule has 0 aliphatic rings. The minimum Gasteiger partial charge on any atom is -0.759 e. The van der Waals surface area contributed by atoms with E-state index in [4.69, 9.17) is 22.7 Å². The standard InChI is InChI=1S/ClH.Cu.H3NO.H2O4S.5H2O/c;;1-2;1-5(2,3)4;;;;;/h1H;;2H,1H2;(H2,1,2,3,4);5*1H2/q;+2;;;;;;;/p-2. The van der Waals surface area contributed by atoms with E-state index in [1.807, 2.05) is 0 Å². The largest absolute Gasteiger partial charge is 2.00 e. The third-order valence-corrected chi connectivity index (χ3v) is 0. The molecule has 103 valence electrons. The van der Waals surface area contributed by atoms with Gasteiger partial charge in [0.15, 0.2) is 0 Å². The number of halogens is 1. The Kier molecular flexibility index (Phi) is 319. The van der Waals surface area contributed by atoms with Crippen LogP contribution in [0.15, 0.2) is 0 Å². The zero-order chi connectivity index (χ0) is 6.50. The van der Waals surface area contributed by atoms with Gasteiger partial charge in [-0.25, -0.2) is 5.90 Å². The summed E-state index contributed by atoms with van der Waals surface area (Å²) in [7, 11) is -5.17. The molecule has 0 rings (SSSR count). The van der Waals surface area contributed by atoms with Gasteiger partial charge in [0.25, 0.3) is 0 Å². The van der Waals surface area contributed by atoms with Crippen molar-refractivity contribution in [2.45, 2.75) is 0 Å². The van der Waals surface area contributed by atoms with Gasteiger partial charge >= 0.3 is 17.1 Å². The van der Waals surface area contributed by atoms with Crippen molar-refractivity contribution in [2.75, 3.05) is 0 Å². The van der Waals surface area contributed by atoms with Gasteiger partial charge in [0, 0.05) is 10.4 Å². The van der Waals surface area contributed by atoms with Crippen LogP contribution in [0.2, 0.25) is 0 Å². The Hall–Kier alpha value is 0.399. The molecule has 0 aromatic heterocycles. The molecule has 0 bridgehead atoms. The summed E-state index contributed by atoms with van der Waals surface area (Å²) in [5.41, 5.74) is 0. The first-order valence-corrected chi connectivity index (χ1v) is 2.26. The van der Waals surface area contributed by atoms with Gasteiger partial charge in [-0.2, -0.15) is 0 Å². The van der Waals surface area contributed by atoms with E-state index >= 15 is 0 Å². The average Bonchev–Trinajstić information content (AvgIpc) is 1.36. The summed E-state index contributed by atoms with van der Waals surface area (Å²) in [5, 5.41) is 6.50. The van der Waals surface area contributed by atoms with E-state index in [9.17, 15) is 0 Å². The van der Waals surface area contributed by atoms with Gasteiger partial charge in [-0.15, -0.1) is 12.4 Å². The Morgan fingerprint density at radius 3 is 0.857 bits per heavy atom. The molecule has 0 aliphatic carbocycles. The van der Waals surface area contributed by atoms with E-state index in [0.29, 0.717) is 0 Å². The van der Waals surface area contributed by atoms with Gasteiger partial charge in [-0.05, 0) is 0 Å². The zero-order valence-corrected chi connectivity index (χ0v) is 8.85. The monoisotopic (exact) mass is 318 g/mol. The Morgan fingerprint density at radius 1 is 0.857 bits per heavy atom. The Bertz CT molecular complexity index is 103. The molecule has 14 heavy (non-hydrogen) atoms. The van der Waals surface area contributed by atoms with Crippen LogP contribution < -0.4 is 5.90 Å². The molecular formula is H14ClCuNO10S. The summed E-state index contributed by atoms with van der Waals surface area (Å²) >= 11 is 0. The molecule has 0 fully saturated rings. The van der Waals surface area contributed by atoms with E-state index in [1.54, 1.807) is 0 Å². The van der Waals surface area contributed by atoms with Crippen LogP contribution in [0.4, 0.5) is 0 Å². The fourth-order valence-corrected chi connectivity index (χ4v) is 0. The zero-order valence-electron chi connectivity index (χ0n) is 6.28. The van der Waals surface area contributed by atoms with Crippen molar-refractivity contribution < 1.29 is 67.2 Å². The fourth-order valence-electron chi connectivity index (χ4n) is 0. The van der Waals surface area contributed by atoms with Crippen molar-refractivity contribution in [1.82, 2.24) is 0 Å². The molecule has 11 nitrogen and oxygen atoms in total. The van der Waals surface area contributed by atoms with Gasteiger partial charge in [-0.3, -0.25) is 8.42 Å². The summed E-state index contributed by atoms with van der Waals surface area (Å²) < 4.78 is 34.1.